The Morgan fingerprint density at radius 1 is 0.352 bits per heavy atom. The van der Waals surface area contributed by atoms with E-state index in [-0.39, 0.29) is 17.2 Å². The van der Waals surface area contributed by atoms with Gasteiger partial charge in [0.15, 0.2) is 5.78 Å². The second kappa shape index (κ2) is 30.8. The summed E-state index contributed by atoms with van der Waals surface area (Å²) in [6, 6.07) is 47.0. The van der Waals surface area contributed by atoms with E-state index in [4.69, 9.17) is 33.2 Å². The number of ether oxygens (including phenoxy) is 7. The highest BCUT2D eigenvalue weighted by Gasteiger charge is 2.45. The van der Waals surface area contributed by atoms with Crippen LogP contribution in [0.3, 0.4) is 0 Å². The van der Waals surface area contributed by atoms with Crippen LogP contribution in [0.25, 0.3) is 66.8 Å². The fourth-order valence-electron chi connectivity index (χ4n) is 14.4. The molecule has 0 amide bonds. The quantitative estimate of drug-likeness (QED) is 0.0281. The minimum Gasteiger partial charge on any atom is -0.465 e. The molecule has 0 fully saturated rings. The summed E-state index contributed by atoms with van der Waals surface area (Å²) >= 11 is 0. The molecule has 0 bridgehead atoms. The van der Waals surface area contributed by atoms with Gasteiger partial charge >= 0.3 is 5.97 Å². The molecule has 0 saturated heterocycles. The molecular weight excluding hydrogens is 1090 g/mol. The number of hydrogen-bond acceptors (Lipinski definition) is 9. The lowest BCUT2D eigenvalue weighted by Crippen LogP contribution is -2.30. The van der Waals surface area contributed by atoms with Crippen LogP contribution >= 0.6 is 0 Å². The van der Waals surface area contributed by atoms with Crippen molar-refractivity contribution in [2.75, 3.05) is 87.4 Å². The largest absolute Gasteiger partial charge is 0.465 e. The van der Waals surface area contributed by atoms with Gasteiger partial charge in [0.25, 0.3) is 0 Å². The summed E-state index contributed by atoms with van der Waals surface area (Å²) in [6.45, 7) is 13.8. The van der Waals surface area contributed by atoms with Crippen molar-refractivity contribution >= 4 is 11.8 Å². The lowest BCUT2D eigenvalue weighted by molar-refractivity contribution is 0.0145. The summed E-state index contributed by atoms with van der Waals surface area (Å²) in [4.78, 5) is 27.3. The zero-order valence-corrected chi connectivity index (χ0v) is 53.7. The third kappa shape index (κ3) is 14.1. The maximum absolute atomic E-state index is 14.6. The number of ketones is 1. The highest BCUT2D eigenvalue weighted by atomic mass is 16.5. The third-order valence-corrected chi connectivity index (χ3v) is 19.2. The van der Waals surface area contributed by atoms with Crippen LogP contribution in [0.4, 0.5) is 0 Å². The Hall–Kier alpha value is -6.56. The summed E-state index contributed by atoms with van der Waals surface area (Å²) < 4.78 is 40.4. The zero-order chi connectivity index (χ0) is 61.5. The van der Waals surface area contributed by atoms with E-state index in [1.165, 1.54) is 158 Å². The molecule has 0 aromatic heterocycles. The number of unbranched alkanes of at least 4 members (excludes halogenated alkanes) is 10. The van der Waals surface area contributed by atoms with Gasteiger partial charge in [-0.25, -0.2) is 4.79 Å². The van der Waals surface area contributed by atoms with Crippen LogP contribution in [-0.2, 0) is 44.0 Å². The molecule has 0 atom stereocenters. The summed E-state index contributed by atoms with van der Waals surface area (Å²) in [7, 11) is 4.77. The average Bonchev–Trinajstić information content (AvgIpc) is 1.60. The molecule has 7 aromatic carbocycles. The lowest BCUT2D eigenvalue weighted by atomic mass is 9.70. The molecular formula is C79H94O9. The fourth-order valence-corrected chi connectivity index (χ4v) is 14.4. The summed E-state index contributed by atoms with van der Waals surface area (Å²) in [5, 5.41) is 0. The molecule has 0 saturated carbocycles. The van der Waals surface area contributed by atoms with Gasteiger partial charge < -0.3 is 33.2 Å². The lowest BCUT2D eigenvalue weighted by Gasteiger charge is -2.34. The van der Waals surface area contributed by atoms with Crippen LogP contribution in [0.15, 0.2) is 127 Å². The number of carbonyl (C=O) groups is 2. The van der Waals surface area contributed by atoms with E-state index in [1.807, 2.05) is 43.3 Å². The van der Waals surface area contributed by atoms with Crippen LogP contribution in [0.5, 0.6) is 0 Å². The van der Waals surface area contributed by atoms with Crippen molar-refractivity contribution < 1.29 is 42.7 Å². The van der Waals surface area contributed by atoms with E-state index in [0.29, 0.717) is 95.6 Å². The number of carbonyl (C=O) groups excluding carboxylic acids is 2. The number of fused-ring (bicyclic) bond motifs is 9. The Morgan fingerprint density at radius 2 is 0.705 bits per heavy atom. The first-order valence-electron chi connectivity index (χ1n) is 33.0. The van der Waals surface area contributed by atoms with Crippen LogP contribution in [-0.4, -0.2) is 99.2 Å². The third-order valence-electron chi connectivity index (χ3n) is 19.2. The molecule has 3 aliphatic carbocycles. The Morgan fingerprint density at radius 3 is 1.15 bits per heavy atom. The van der Waals surface area contributed by atoms with E-state index < -0.39 is 5.41 Å². The Balaban J connectivity index is 1.03. The van der Waals surface area contributed by atoms with Gasteiger partial charge in [0.05, 0.1) is 65.5 Å². The molecule has 88 heavy (non-hydrogen) atoms. The molecule has 0 aliphatic heterocycles. The molecule has 3 aliphatic rings. The molecule has 9 nitrogen and oxygen atoms in total. The predicted molar refractivity (Wildman–Crippen MR) is 357 cm³/mol. The van der Waals surface area contributed by atoms with Crippen molar-refractivity contribution in [2.45, 2.75) is 141 Å². The standard InChI is InChI=1S/C79H94O9/c1-8-10-12-14-16-18-34-78(35-19-17-15-13-11-9-2)72-48-55(3)20-28-65(72)66-32-26-61(53-73(66)78)62-27-33-68-67-31-25-60(52-74(67)79(75(68)54-62,36-38-85-44-46-87-42-40-82-5)37-39-86-45-47-88-43-41-83-6)59-24-30-64-63-29-23-58(50-70(63)76(80)71(64)51-59)57-22-21-56(4)69(49-57)77(81)84-7/h20-33,48-54H,8-19,34-47H2,1-7H3. The zero-order valence-electron chi connectivity index (χ0n) is 53.7. The van der Waals surface area contributed by atoms with Crippen molar-refractivity contribution in [1.82, 2.24) is 0 Å². The molecule has 0 spiro atoms. The Labute approximate surface area is 524 Å². The summed E-state index contributed by atoms with van der Waals surface area (Å²) in [5.74, 6) is -0.395. The van der Waals surface area contributed by atoms with Crippen molar-refractivity contribution in [3.8, 4) is 66.8 Å². The molecule has 9 heteroatoms. The summed E-state index contributed by atoms with van der Waals surface area (Å²) in [6.07, 6.45) is 19.2. The molecule has 0 unspecified atom stereocenters. The first-order chi connectivity index (χ1) is 43.1. The molecule has 464 valence electrons. The second-order valence-electron chi connectivity index (χ2n) is 24.8. The molecule has 0 N–H and O–H groups in total. The van der Waals surface area contributed by atoms with Gasteiger partial charge in [0.1, 0.15) is 0 Å². The van der Waals surface area contributed by atoms with Crippen molar-refractivity contribution in [1.29, 1.82) is 0 Å². The number of aryl methyl sites for hydroxylation is 2. The average molecular weight is 1190 g/mol. The summed E-state index contributed by atoms with van der Waals surface area (Å²) in [5.41, 5.74) is 22.3. The van der Waals surface area contributed by atoms with E-state index in [1.54, 1.807) is 14.2 Å². The normalized spacial score (nSPS) is 13.7. The molecule has 0 radical (unpaired) electrons. The number of methoxy groups -OCH3 is 3. The second-order valence-corrected chi connectivity index (χ2v) is 24.8. The number of benzene rings is 7. The van der Waals surface area contributed by atoms with Crippen molar-refractivity contribution in [3.63, 3.8) is 0 Å². The van der Waals surface area contributed by atoms with Gasteiger partial charge in [0, 0.05) is 49.4 Å². The first kappa shape index (κ1) is 64.4. The molecule has 10 rings (SSSR count). The maximum atomic E-state index is 14.6. The van der Waals surface area contributed by atoms with Gasteiger partial charge in [-0.2, -0.15) is 0 Å². The van der Waals surface area contributed by atoms with Gasteiger partial charge in [0.2, 0.25) is 0 Å². The van der Waals surface area contributed by atoms with Crippen LogP contribution in [0, 0.1) is 13.8 Å². The highest BCUT2D eigenvalue weighted by molar-refractivity contribution is 6.22. The monoisotopic (exact) mass is 1190 g/mol. The smallest absolute Gasteiger partial charge is 0.338 e. The highest BCUT2D eigenvalue weighted by Crippen LogP contribution is 2.58. The minimum absolute atomic E-state index is 0.0104. The number of rotatable bonds is 36. The van der Waals surface area contributed by atoms with Crippen LogP contribution in [0.1, 0.15) is 176 Å². The topological polar surface area (TPSA) is 98.8 Å². The Bertz CT molecular complexity index is 3480. The van der Waals surface area contributed by atoms with E-state index in [2.05, 4.69) is 112 Å². The van der Waals surface area contributed by atoms with Gasteiger partial charge in [-0.3, -0.25) is 4.79 Å². The van der Waals surface area contributed by atoms with Crippen LogP contribution < -0.4 is 0 Å². The van der Waals surface area contributed by atoms with E-state index >= 15 is 0 Å². The number of esters is 1. The van der Waals surface area contributed by atoms with E-state index in [9.17, 15) is 9.59 Å². The van der Waals surface area contributed by atoms with E-state index in [0.717, 1.165) is 38.9 Å². The van der Waals surface area contributed by atoms with Crippen molar-refractivity contribution in [2.24, 2.45) is 0 Å². The fraction of sp³-hybridized carbons (Fsp3) is 0.443. The van der Waals surface area contributed by atoms with Gasteiger partial charge in [-0.15, -0.1) is 0 Å². The first-order valence-corrected chi connectivity index (χ1v) is 33.0. The molecule has 7 aromatic rings. The van der Waals surface area contributed by atoms with Gasteiger partial charge in [-0.1, -0.05) is 187 Å². The number of hydrogen-bond donors (Lipinski definition) is 0. The molecule has 0 heterocycles. The Kier molecular flexibility index (Phi) is 22.5. The van der Waals surface area contributed by atoms with Crippen LogP contribution in [0.2, 0.25) is 0 Å². The predicted octanol–water partition coefficient (Wildman–Crippen LogP) is 18.5. The SMILES string of the molecule is CCCCCCCCC1(CCCCCCCC)c2cc(C)ccc2-c2ccc(-c3ccc4c(c3)C(CCOCCOCCOC)(CCOCCOCCOC)c3cc(-c5ccc6c(c5)C(=O)c5cc(-c7ccc(C)c(C(=O)OC)c7)ccc5-6)ccc3-4)cc21. The maximum Gasteiger partial charge on any atom is 0.338 e. The van der Waals surface area contributed by atoms with Crippen molar-refractivity contribution in [3.05, 3.63) is 177 Å². The van der Waals surface area contributed by atoms with Gasteiger partial charge in [-0.05, 0) is 171 Å². The minimum atomic E-state index is -0.503.